The van der Waals surface area contributed by atoms with Gasteiger partial charge in [-0.15, -0.1) is 0 Å². The fourth-order valence-corrected chi connectivity index (χ4v) is 1.96. The molecule has 0 atom stereocenters. The van der Waals surface area contributed by atoms with Gasteiger partial charge >= 0.3 is 0 Å². The van der Waals surface area contributed by atoms with Gasteiger partial charge in [-0.05, 0) is 25.1 Å². The highest BCUT2D eigenvalue weighted by Crippen LogP contribution is 2.23. The van der Waals surface area contributed by atoms with Crippen molar-refractivity contribution in [1.82, 2.24) is 14.6 Å². The monoisotopic (exact) mass is 239 g/mol. The van der Waals surface area contributed by atoms with Gasteiger partial charge in [0, 0.05) is 17.8 Å². The molecule has 3 rings (SSSR count). The molecule has 0 spiro atoms. The van der Waals surface area contributed by atoms with Gasteiger partial charge in [0.25, 0.3) is 0 Å². The van der Waals surface area contributed by atoms with Gasteiger partial charge in [-0.3, -0.25) is 0 Å². The van der Waals surface area contributed by atoms with Gasteiger partial charge in [-0.2, -0.15) is 5.10 Å². The molecule has 18 heavy (non-hydrogen) atoms. The predicted octanol–water partition coefficient (Wildman–Crippen LogP) is 2.79. The van der Waals surface area contributed by atoms with E-state index in [4.69, 9.17) is 4.74 Å². The lowest BCUT2D eigenvalue weighted by Crippen LogP contribution is -1.96. The molecule has 0 saturated carbocycles. The quantitative estimate of drug-likeness (QED) is 0.705. The fourth-order valence-electron chi connectivity index (χ4n) is 1.96. The highest BCUT2D eigenvalue weighted by molar-refractivity contribution is 5.63. The van der Waals surface area contributed by atoms with Gasteiger partial charge in [-0.25, -0.2) is 9.50 Å². The van der Waals surface area contributed by atoms with E-state index >= 15 is 0 Å². The van der Waals surface area contributed by atoms with Crippen LogP contribution in [-0.2, 0) is 0 Å². The van der Waals surface area contributed by atoms with Crippen LogP contribution in [0.15, 0.2) is 48.8 Å². The van der Waals surface area contributed by atoms with Crippen LogP contribution in [0.25, 0.3) is 16.9 Å². The van der Waals surface area contributed by atoms with Gasteiger partial charge in [-0.1, -0.05) is 12.1 Å². The predicted molar refractivity (Wildman–Crippen MR) is 69.6 cm³/mol. The molecular formula is C14H13N3O. The summed E-state index contributed by atoms with van der Waals surface area (Å²) in [5.74, 6) is 0.868. The number of rotatable bonds is 3. The third-order valence-corrected chi connectivity index (χ3v) is 2.73. The molecule has 0 amide bonds. The minimum absolute atomic E-state index is 0.664. The highest BCUT2D eigenvalue weighted by atomic mass is 16.5. The summed E-state index contributed by atoms with van der Waals surface area (Å²) in [6, 6.07) is 11.8. The van der Waals surface area contributed by atoms with Crippen molar-refractivity contribution >= 4 is 5.65 Å². The summed E-state index contributed by atoms with van der Waals surface area (Å²) >= 11 is 0. The molecule has 0 N–H and O–H groups in total. The van der Waals surface area contributed by atoms with Crippen LogP contribution in [-0.4, -0.2) is 21.2 Å². The van der Waals surface area contributed by atoms with Gasteiger partial charge in [0.1, 0.15) is 5.75 Å². The molecule has 0 aliphatic carbocycles. The SMILES string of the molecule is CCOc1cccc(-c2ccnc3ccnn23)c1. The highest BCUT2D eigenvalue weighted by Gasteiger charge is 2.05. The van der Waals surface area contributed by atoms with Crippen molar-refractivity contribution in [3.63, 3.8) is 0 Å². The second kappa shape index (κ2) is 4.49. The average molecular weight is 239 g/mol. The molecule has 4 heteroatoms. The Bertz CT molecular complexity index is 675. The van der Waals surface area contributed by atoms with Crippen molar-refractivity contribution in [1.29, 1.82) is 0 Å². The first-order chi connectivity index (χ1) is 8.88. The smallest absolute Gasteiger partial charge is 0.155 e. The maximum Gasteiger partial charge on any atom is 0.155 e. The zero-order chi connectivity index (χ0) is 12.4. The van der Waals surface area contributed by atoms with Crippen LogP contribution in [0.1, 0.15) is 6.92 Å². The molecule has 0 saturated heterocycles. The van der Waals surface area contributed by atoms with Crippen molar-refractivity contribution in [2.45, 2.75) is 6.92 Å². The third-order valence-electron chi connectivity index (χ3n) is 2.73. The standard InChI is InChI=1S/C14H13N3O/c1-2-18-12-5-3-4-11(10-12)13-6-8-15-14-7-9-16-17(13)14/h3-10H,2H2,1H3. The summed E-state index contributed by atoms with van der Waals surface area (Å²) in [5.41, 5.74) is 2.91. The molecule has 0 aliphatic rings. The Balaban J connectivity index is 2.13. The molecular weight excluding hydrogens is 226 g/mol. The van der Waals surface area contributed by atoms with E-state index in [2.05, 4.69) is 10.1 Å². The zero-order valence-electron chi connectivity index (χ0n) is 10.1. The summed E-state index contributed by atoms with van der Waals surface area (Å²) in [6.07, 6.45) is 3.54. The molecule has 0 radical (unpaired) electrons. The van der Waals surface area contributed by atoms with E-state index < -0.39 is 0 Å². The van der Waals surface area contributed by atoms with Crippen LogP contribution < -0.4 is 4.74 Å². The lowest BCUT2D eigenvalue weighted by Gasteiger charge is -2.07. The number of ether oxygens (including phenoxy) is 1. The van der Waals surface area contributed by atoms with Gasteiger partial charge in [0.15, 0.2) is 5.65 Å². The summed E-state index contributed by atoms with van der Waals surface area (Å²) < 4.78 is 7.34. The van der Waals surface area contributed by atoms with Crippen LogP contribution >= 0.6 is 0 Å². The van der Waals surface area contributed by atoms with E-state index in [0.29, 0.717) is 6.61 Å². The second-order valence-corrected chi connectivity index (χ2v) is 3.89. The first-order valence-corrected chi connectivity index (χ1v) is 5.90. The van der Waals surface area contributed by atoms with Gasteiger partial charge < -0.3 is 4.74 Å². The van der Waals surface area contributed by atoms with Crippen LogP contribution in [0.2, 0.25) is 0 Å². The molecule has 90 valence electrons. The zero-order valence-corrected chi connectivity index (χ0v) is 10.1. The van der Waals surface area contributed by atoms with E-state index in [1.807, 2.05) is 47.8 Å². The number of aromatic nitrogens is 3. The van der Waals surface area contributed by atoms with Crippen molar-refractivity contribution in [3.05, 3.63) is 48.8 Å². The molecule has 0 fully saturated rings. The lowest BCUT2D eigenvalue weighted by atomic mass is 10.1. The van der Waals surface area contributed by atoms with Gasteiger partial charge in [0.2, 0.25) is 0 Å². The van der Waals surface area contributed by atoms with E-state index in [1.54, 1.807) is 12.4 Å². The summed E-state index contributed by atoms with van der Waals surface area (Å²) in [4.78, 5) is 4.26. The number of hydrogen-bond acceptors (Lipinski definition) is 3. The number of benzene rings is 1. The largest absolute Gasteiger partial charge is 0.494 e. The minimum atomic E-state index is 0.664. The summed E-state index contributed by atoms with van der Waals surface area (Å²) in [5, 5.41) is 4.28. The maximum atomic E-state index is 5.52. The molecule has 1 aromatic carbocycles. The molecule has 0 aliphatic heterocycles. The third kappa shape index (κ3) is 1.82. The number of fused-ring (bicyclic) bond motifs is 1. The minimum Gasteiger partial charge on any atom is -0.494 e. The fraction of sp³-hybridized carbons (Fsp3) is 0.143. The molecule has 2 aromatic heterocycles. The molecule has 3 aromatic rings. The van der Waals surface area contributed by atoms with Crippen LogP contribution in [0.3, 0.4) is 0 Å². The Morgan fingerprint density at radius 2 is 2.11 bits per heavy atom. The van der Waals surface area contributed by atoms with E-state index in [1.165, 1.54) is 0 Å². The van der Waals surface area contributed by atoms with Crippen molar-refractivity contribution in [2.24, 2.45) is 0 Å². The Kier molecular flexibility index (Phi) is 2.68. The summed E-state index contributed by atoms with van der Waals surface area (Å²) in [6.45, 7) is 2.64. The van der Waals surface area contributed by atoms with E-state index in [-0.39, 0.29) is 0 Å². The van der Waals surface area contributed by atoms with Crippen LogP contribution in [0.4, 0.5) is 0 Å². The molecule has 0 unspecified atom stereocenters. The molecule has 0 bridgehead atoms. The molecule has 2 heterocycles. The normalized spacial score (nSPS) is 10.7. The van der Waals surface area contributed by atoms with Crippen LogP contribution in [0, 0.1) is 0 Å². The summed E-state index contributed by atoms with van der Waals surface area (Å²) in [7, 11) is 0. The Morgan fingerprint density at radius 1 is 1.17 bits per heavy atom. The Hall–Kier alpha value is -2.36. The topological polar surface area (TPSA) is 39.4 Å². The first kappa shape index (κ1) is 10.8. The maximum absolute atomic E-state index is 5.52. The lowest BCUT2D eigenvalue weighted by molar-refractivity contribution is 0.340. The van der Waals surface area contributed by atoms with Crippen molar-refractivity contribution in [2.75, 3.05) is 6.61 Å². The second-order valence-electron chi connectivity index (χ2n) is 3.89. The number of hydrogen-bond donors (Lipinski definition) is 0. The Morgan fingerprint density at radius 3 is 3.00 bits per heavy atom. The van der Waals surface area contributed by atoms with Crippen LogP contribution in [0.5, 0.6) is 5.75 Å². The van der Waals surface area contributed by atoms with Crippen molar-refractivity contribution in [3.8, 4) is 17.0 Å². The van der Waals surface area contributed by atoms with E-state index in [0.717, 1.165) is 22.7 Å². The Labute approximate surface area is 105 Å². The van der Waals surface area contributed by atoms with Crippen molar-refractivity contribution < 1.29 is 4.74 Å². The first-order valence-electron chi connectivity index (χ1n) is 5.90. The van der Waals surface area contributed by atoms with Gasteiger partial charge in [0.05, 0.1) is 18.5 Å². The molecule has 4 nitrogen and oxygen atoms in total. The average Bonchev–Trinajstić information content (AvgIpc) is 2.87. The number of nitrogens with zero attached hydrogens (tertiary/aromatic N) is 3. The van der Waals surface area contributed by atoms with E-state index in [9.17, 15) is 0 Å².